The van der Waals surface area contributed by atoms with Crippen LogP contribution in [0, 0.1) is 5.41 Å². The Bertz CT molecular complexity index is 488. The van der Waals surface area contributed by atoms with Crippen molar-refractivity contribution in [1.82, 2.24) is 4.90 Å². The smallest absolute Gasteiger partial charge is 0.221 e. The van der Waals surface area contributed by atoms with Gasteiger partial charge in [0.15, 0.2) is 5.96 Å². The largest absolute Gasteiger partial charge is 0.370 e. The van der Waals surface area contributed by atoms with E-state index < -0.39 is 0 Å². The molecule has 1 aromatic carbocycles. The molecule has 0 radical (unpaired) electrons. The van der Waals surface area contributed by atoms with Crippen molar-refractivity contribution < 1.29 is 0 Å². The van der Waals surface area contributed by atoms with Gasteiger partial charge in [-0.15, -0.1) is 0 Å². The molecular formula is C14H21N5. The van der Waals surface area contributed by atoms with E-state index in [0.717, 1.165) is 13.0 Å². The van der Waals surface area contributed by atoms with Gasteiger partial charge in [0.1, 0.15) is 0 Å². The lowest BCUT2D eigenvalue weighted by atomic mass is 9.83. The molecule has 1 aromatic rings. The molecule has 0 amide bonds. The minimum atomic E-state index is -0.169. The van der Waals surface area contributed by atoms with Crippen LogP contribution in [-0.2, 0) is 0 Å². The van der Waals surface area contributed by atoms with Crippen LogP contribution in [0.3, 0.4) is 0 Å². The van der Waals surface area contributed by atoms with Crippen molar-refractivity contribution in [2.24, 2.45) is 16.5 Å². The Labute approximate surface area is 113 Å². The van der Waals surface area contributed by atoms with E-state index in [4.69, 9.17) is 16.9 Å². The maximum Gasteiger partial charge on any atom is 0.221 e. The van der Waals surface area contributed by atoms with E-state index in [-0.39, 0.29) is 17.5 Å². The van der Waals surface area contributed by atoms with Crippen LogP contribution in [0.1, 0.15) is 31.7 Å². The standard InChI is InChI=1S/C14H21N5/c1-14(2)11(10-6-4-3-5-7-10)8-9-19(14)13(17)18-12(15)16/h3-7,11H,8-9H2,1-2H3,(H5,15,16,17,18). The molecule has 5 heteroatoms. The summed E-state index contributed by atoms with van der Waals surface area (Å²) in [5, 5.41) is 8.00. The van der Waals surface area contributed by atoms with Gasteiger partial charge in [0.05, 0.1) is 0 Å². The molecule has 1 aliphatic heterocycles. The number of nitrogens with one attached hydrogen (secondary N) is 1. The van der Waals surface area contributed by atoms with Gasteiger partial charge in [-0.25, -0.2) is 0 Å². The lowest BCUT2D eigenvalue weighted by Gasteiger charge is -2.36. The molecule has 5 nitrogen and oxygen atoms in total. The molecule has 1 saturated heterocycles. The lowest BCUT2D eigenvalue weighted by molar-refractivity contribution is 0.255. The van der Waals surface area contributed by atoms with Crippen molar-refractivity contribution in [2.75, 3.05) is 6.54 Å². The highest BCUT2D eigenvalue weighted by Gasteiger charge is 2.43. The number of rotatable bonds is 1. The van der Waals surface area contributed by atoms with E-state index in [0.29, 0.717) is 5.92 Å². The topological polar surface area (TPSA) is 91.5 Å². The van der Waals surface area contributed by atoms with Gasteiger partial charge in [-0.2, -0.15) is 4.99 Å². The van der Waals surface area contributed by atoms with E-state index >= 15 is 0 Å². The van der Waals surface area contributed by atoms with Crippen molar-refractivity contribution >= 4 is 11.9 Å². The van der Waals surface area contributed by atoms with Crippen LogP contribution in [0.5, 0.6) is 0 Å². The number of hydrogen-bond acceptors (Lipinski definition) is 1. The second-order valence-corrected chi connectivity index (χ2v) is 5.42. The van der Waals surface area contributed by atoms with Gasteiger partial charge in [-0.05, 0) is 25.8 Å². The molecule has 1 fully saturated rings. The van der Waals surface area contributed by atoms with Gasteiger partial charge in [0.2, 0.25) is 5.96 Å². The normalized spacial score (nSPS) is 21.2. The van der Waals surface area contributed by atoms with Crippen LogP contribution < -0.4 is 11.5 Å². The third kappa shape index (κ3) is 2.54. The molecule has 1 unspecified atom stereocenters. The zero-order valence-corrected chi connectivity index (χ0v) is 11.4. The van der Waals surface area contributed by atoms with Crippen LogP contribution in [0.4, 0.5) is 0 Å². The first-order valence-corrected chi connectivity index (χ1v) is 6.43. The fourth-order valence-corrected chi connectivity index (χ4v) is 2.91. The first-order valence-electron chi connectivity index (χ1n) is 6.43. The van der Waals surface area contributed by atoms with Crippen LogP contribution >= 0.6 is 0 Å². The molecule has 0 spiro atoms. The quantitative estimate of drug-likeness (QED) is 0.526. The third-order valence-corrected chi connectivity index (χ3v) is 3.88. The lowest BCUT2D eigenvalue weighted by Crippen LogP contribution is -2.45. The summed E-state index contributed by atoms with van der Waals surface area (Å²) in [6, 6.07) is 10.4. The molecule has 0 aliphatic carbocycles. The van der Waals surface area contributed by atoms with Gasteiger partial charge in [0.25, 0.3) is 0 Å². The number of aliphatic imine (C=N–C) groups is 1. The van der Waals surface area contributed by atoms with Crippen molar-refractivity contribution in [3.63, 3.8) is 0 Å². The second kappa shape index (κ2) is 4.91. The Morgan fingerprint density at radius 2 is 1.95 bits per heavy atom. The van der Waals surface area contributed by atoms with Gasteiger partial charge >= 0.3 is 0 Å². The Morgan fingerprint density at radius 3 is 2.53 bits per heavy atom. The minimum absolute atomic E-state index is 0.0658. The summed E-state index contributed by atoms with van der Waals surface area (Å²) < 4.78 is 0. The Balaban J connectivity index is 2.25. The van der Waals surface area contributed by atoms with Crippen molar-refractivity contribution in [3.05, 3.63) is 35.9 Å². The molecule has 2 rings (SSSR count). The van der Waals surface area contributed by atoms with Gasteiger partial charge in [-0.3, -0.25) is 5.41 Å². The molecule has 1 heterocycles. The SMILES string of the molecule is CC1(C)C(c2ccccc2)CCN1C(=N)N=C(N)N. The summed E-state index contributed by atoms with van der Waals surface area (Å²) in [5.41, 5.74) is 11.8. The summed E-state index contributed by atoms with van der Waals surface area (Å²) in [5.74, 6) is 0.454. The number of hydrogen-bond donors (Lipinski definition) is 3. The predicted octanol–water partition coefficient (Wildman–Crippen LogP) is 1.46. The number of nitrogens with two attached hydrogens (primary N) is 2. The monoisotopic (exact) mass is 259 g/mol. The summed E-state index contributed by atoms with van der Waals surface area (Å²) >= 11 is 0. The van der Waals surface area contributed by atoms with Gasteiger partial charge in [-0.1, -0.05) is 30.3 Å². The number of likely N-dealkylation sites (tertiary alicyclic amines) is 1. The molecule has 1 aliphatic rings. The van der Waals surface area contributed by atoms with Crippen LogP contribution in [0.25, 0.3) is 0 Å². The minimum Gasteiger partial charge on any atom is -0.370 e. The molecular weight excluding hydrogens is 238 g/mol. The molecule has 0 saturated carbocycles. The molecule has 19 heavy (non-hydrogen) atoms. The highest BCUT2D eigenvalue weighted by molar-refractivity contribution is 5.92. The van der Waals surface area contributed by atoms with E-state index in [1.807, 2.05) is 11.0 Å². The molecule has 0 bridgehead atoms. The fourth-order valence-electron chi connectivity index (χ4n) is 2.91. The van der Waals surface area contributed by atoms with E-state index in [9.17, 15) is 0 Å². The fraction of sp³-hybridized carbons (Fsp3) is 0.429. The molecule has 1 atom stereocenters. The van der Waals surface area contributed by atoms with Gasteiger partial charge in [0, 0.05) is 18.0 Å². The van der Waals surface area contributed by atoms with E-state index in [2.05, 4.69) is 43.1 Å². The third-order valence-electron chi connectivity index (χ3n) is 3.88. The zero-order chi connectivity index (χ0) is 14.0. The van der Waals surface area contributed by atoms with E-state index in [1.54, 1.807) is 0 Å². The van der Waals surface area contributed by atoms with Crippen molar-refractivity contribution in [1.29, 1.82) is 5.41 Å². The summed E-state index contributed by atoms with van der Waals surface area (Å²) in [6.45, 7) is 5.06. The highest BCUT2D eigenvalue weighted by atomic mass is 15.3. The number of benzene rings is 1. The highest BCUT2D eigenvalue weighted by Crippen LogP contribution is 2.41. The average Bonchev–Trinajstić information content (AvgIpc) is 2.65. The molecule has 0 aromatic heterocycles. The maximum absolute atomic E-state index is 8.00. The summed E-state index contributed by atoms with van der Waals surface area (Å²) in [4.78, 5) is 5.83. The second-order valence-electron chi connectivity index (χ2n) is 5.42. The Hall–Kier alpha value is -2.04. The van der Waals surface area contributed by atoms with Gasteiger partial charge < -0.3 is 16.4 Å². The molecule has 102 valence electrons. The molecule has 5 N–H and O–H groups in total. The first-order chi connectivity index (χ1) is 8.93. The van der Waals surface area contributed by atoms with Crippen LogP contribution in [-0.4, -0.2) is 28.9 Å². The average molecular weight is 259 g/mol. The van der Waals surface area contributed by atoms with Crippen molar-refractivity contribution in [2.45, 2.75) is 31.7 Å². The summed E-state index contributed by atoms with van der Waals surface area (Å²) in [7, 11) is 0. The summed E-state index contributed by atoms with van der Waals surface area (Å²) in [6.07, 6.45) is 0.999. The number of guanidine groups is 2. The zero-order valence-electron chi connectivity index (χ0n) is 11.4. The van der Waals surface area contributed by atoms with Crippen LogP contribution in [0.15, 0.2) is 35.3 Å². The number of nitrogens with zero attached hydrogens (tertiary/aromatic N) is 2. The van der Waals surface area contributed by atoms with Crippen LogP contribution in [0.2, 0.25) is 0 Å². The predicted molar refractivity (Wildman–Crippen MR) is 78.1 cm³/mol. The first kappa shape index (κ1) is 13.4. The Kier molecular flexibility index (Phi) is 3.46. The van der Waals surface area contributed by atoms with Crippen molar-refractivity contribution in [3.8, 4) is 0 Å². The van der Waals surface area contributed by atoms with E-state index in [1.165, 1.54) is 5.56 Å². The maximum atomic E-state index is 8.00. The Morgan fingerprint density at radius 1 is 1.32 bits per heavy atom.